The lowest BCUT2D eigenvalue weighted by molar-refractivity contribution is -0.119. The van der Waals surface area contributed by atoms with Crippen molar-refractivity contribution in [2.45, 2.75) is 12.9 Å². The van der Waals surface area contributed by atoms with Crippen LogP contribution >= 0.6 is 0 Å². The lowest BCUT2D eigenvalue weighted by atomic mass is 9.75. The number of rotatable bonds is 4. The van der Waals surface area contributed by atoms with E-state index in [4.69, 9.17) is 10.0 Å². The van der Waals surface area contributed by atoms with Crippen LogP contribution in [0.5, 0.6) is 0 Å². The molecule has 0 saturated heterocycles. The highest BCUT2D eigenvalue weighted by atomic mass is 16.4. The Hall–Kier alpha value is -1.66. The zero-order valence-corrected chi connectivity index (χ0v) is 8.75. The van der Waals surface area contributed by atoms with Crippen molar-refractivity contribution in [1.82, 2.24) is 5.32 Å². The standard InChI is InChI=1S/C10H12BNO4/c1-7(14)12-10(11(15)16)9-4-2-3-8(5-9)6-13/h2-6,10,15-16H,1H3,(H,12,14)/t10-/m0/s1. The maximum Gasteiger partial charge on any atom is 0.480 e. The first-order valence-electron chi connectivity index (χ1n) is 4.73. The van der Waals surface area contributed by atoms with Crippen LogP contribution in [0.4, 0.5) is 0 Å². The minimum Gasteiger partial charge on any atom is -0.426 e. The second kappa shape index (κ2) is 5.43. The molecule has 0 heterocycles. The molecule has 16 heavy (non-hydrogen) atoms. The molecule has 0 bridgehead atoms. The van der Waals surface area contributed by atoms with E-state index in [2.05, 4.69) is 5.32 Å². The molecule has 1 rings (SSSR count). The molecule has 1 atom stereocenters. The number of nitrogens with one attached hydrogen (secondary N) is 1. The van der Waals surface area contributed by atoms with E-state index in [1.807, 2.05) is 0 Å². The second-order valence-corrected chi connectivity index (χ2v) is 3.38. The predicted molar refractivity (Wildman–Crippen MR) is 58.6 cm³/mol. The first kappa shape index (κ1) is 12.4. The van der Waals surface area contributed by atoms with Crippen molar-refractivity contribution in [2.24, 2.45) is 0 Å². The van der Waals surface area contributed by atoms with Gasteiger partial charge in [-0.15, -0.1) is 0 Å². The van der Waals surface area contributed by atoms with Gasteiger partial charge in [0.2, 0.25) is 5.91 Å². The smallest absolute Gasteiger partial charge is 0.426 e. The van der Waals surface area contributed by atoms with Gasteiger partial charge >= 0.3 is 7.12 Å². The monoisotopic (exact) mass is 221 g/mol. The number of aldehydes is 1. The highest BCUT2D eigenvalue weighted by Crippen LogP contribution is 2.15. The molecule has 6 heteroatoms. The van der Waals surface area contributed by atoms with Crippen LogP contribution in [0.15, 0.2) is 24.3 Å². The van der Waals surface area contributed by atoms with Gasteiger partial charge in [0, 0.05) is 12.5 Å². The summed E-state index contributed by atoms with van der Waals surface area (Å²) in [6.45, 7) is 1.28. The molecule has 1 aromatic rings. The molecule has 5 nitrogen and oxygen atoms in total. The summed E-state index contributed by atoms with van der Waals surface area (Å²) in [5, 5.41) is 20.7. The molecular formula is C10H12BNO4. The summed E-state index contributed by atoms with van der Waals surface area (Å²) in [5.41, 5.74) is 0.878. The van der Waals surface area contributed by atoms with Crippen LogP contribution in [0.2, 0.25) is 0 Å². The van der Waals surface area contributed by atoms with Gasteiger partial charge < -0.3 is 15.4 Å². The van der Waals surface area contributed by atoms with Gasteiger partial charge in [0.15, 0.2) is 0 Å². The van der Waals surface area contributed by atoms with E-state index in [1.165, 1.54) is 13.0 Å². The van der Waals surface area contributed by atoms with Crippen molar-refractivity contribution in [3.63, 3.8) is 0 Å². The van der Waals surface area contributed by atoms with Gasteiger partial charge in [-0.1, -0.05) is 18.2 Å². The SMILES string of the molecule is CC(=O)N[C@H](B(O)O)c1cccc(C=O)c1. The van der Waals surface area contributed by atoms with E-state index in [0.29, 0.717) is 17.4 Å². The van der Waals surface area contributed by atoms with Crippen LogP contribution in [-0.2, 0) is 4.79 Å². The van der Waals surface area contributed by atoms with Crippen molar-refractivity contribution in [2.75, 3.05) is 0 Å². The highest BCUT2D eigenvalue weighted by molar-refractivity contribution is 6.43. The van der Waals surface area contributed by atoms with Gasteiger partial charge in [0.05, 0.1) is 5.94 Å². The molecule has 0 aliphatic rings. The number of amides is 1. The molecule has 84 valence electrons. The zero-order chi connectivity index (χ0) is 12.1. The van der Waals surface area contributed by atoms with E-state index >= 15 is 0 Å². The van der Waals surface area contributed by atoms with Gasteiger partial charge in [-0.2, -0.15) is 0 Å². The molecule has 0 radical (unpaired) electrons. The number of hydrogen-bond acceptors (Lipinski definition) is 4. The lowest BCUT2D eigenvalue weighted by Crippen LogP contribution is -2.38. The minimum absolute atomic E-state index is 0.380. The Morgan fingerprint density at radius 1 is 1.50 bits per heavy atom. The summed E-state index contributed by atoms with van der Waals surface area (Å²) in [5.74, 6) is -1.31. The van der Waals surface area contributed by atoms with Crippen molar-refractivity contribution in [3.8, 4) is 0 Å². The Morgan fingerprint density at radius 3 is 2.69 bits per heavy atom. The third-order valence-electron chi connectivity index (χ3n) is 2.06. The topological polar surface area (TPSA) is 86.6 Å². The maximum atomic E-state index is 10.9. The minimum atomic E-state index is -1.72. The molecular weight excluding hydrogens is 209 g/mol. The van der Waals surface area contributed by atoms with Gasteiger partial charge in [-0.3, -0.25) is 9.59 Å². The molecule has 0 aromatic heterocycles. The quantitative estimate of drug-likeness (QED) is 0.480. The normalized spacial score (nSPS) is 11.7. The summed E-state index contributed by atoms with van der Waals surface area (Å²) in [4.78, 5) is 21.4. The van der Waals surface area contributed by atoms with Crippen molar-refractivity contribution < 1.29 is 19.6 Å². The first-order chi connectivity index (χ1) is 7.54. The summed E-state index contributed by atoms with van der Waals surface area (Å²) in [6, 6.07) is 6.29. The van der Waals surface area contributed by atoms with Crippen molar-refractivity contribution in [3.05, 3.63) is 35.4 Å². The fourth-order valence-electron chi connectivity index (χ4n) is 1.37. The molecule has 0 unspecified atom stereocenters. The van der Waals surface area contributed by atoms with E-state index in [9.17, 15) is 9.59 Å². The summed E-state index contributed by atoms with van der Waals surface area (Å²) < 4.78 is 0. The van der Waals surface area contributed by atoms with E-state index < -0.39 is 13.1 Å². The second-order valence-electron chi connectivity index (χ2n) is 3.38. The Morgan fingerprint density at radius 2 is 2.19 bits per heavy atom. The Labute approximate surface area is 93.2 Å². The molecule has 3 N–H and O–H groups in total. The summed E-state index contributed by atoms with van der Waals surface area (Å²) in [6.07, 6.45) is 0.651. The van der Waals surface area contributed by atoms with Crippen molar-refractivity contribution >= 4 is 19.3 Å². The third kappa shape index (κ3) is 3.18. The molecule has 1 aromatic carbocycles. The maximum absolute atomic E-state index is 10.9. The van der Waals surface area contributed by atoms with E-state index in [-0.39, 0.29) is 5.91 Å². The third-order valence-corrected chi connectivity index (χ3v) is 2.06. The van der Waals surface area contributed by atoms with Crippen LogP contribution in [0.1, 0.15) is 28.8 Å². The fraction of sp³-hybridized carbons (Fsp3) is 0.200. The summed E-state index contributed by atoms with van der Waals surface area (Å²) in [7, 11) is -1.72. The number of benzene rings is 1. The van der Waals surface area contributed by atoms with E-state index in [1.54, 1.807) is 18.2 Å². The number of hydrogen-bond donors (Lipinski definition) is 3. The van der Waals surface area contributed by atoms with Crippen LogP contribution in [0, 0.1) is 0 Å². The van der Waals surface area contributed by atoms with Gasteiger partial charge in [0.25, 0.3) is 0 Å². The molecule has 0 aliphatic heterocycles. The first-order valence-corrected chi connectivity index (χ1v) is 4.73. The predicted octanol–water partition coefficient (Wildman–Crippen LogP) is -0.312. The number of carbonyl (C=O) groups excluding carboxylic acids is 2. The Kier molecular flexibility index (Phi) is 4.22. The Bertz CT molecular complexity index is 394. The van der Waals surface area contributed by atoms with Crippen molar-refractivity contribution in [1.29, 1.82) is 0 Å². The lowest BCUT2D eigenvalue weighted by Gasteiger charge is -2.17. The average molecular weight is 221 g/mol. The average Bonchev–Trinajstić information content (AvgIpc) is 2.25. The molecule has 0 spiro atoms. The fourth-order valence-corrected chi connectivity index (χ4v) is 1.37. The van der Waals surface area contributed by atoms with Gasteiger partial charge in [-0.05, 0) is 11.6 Å². The summed E-state index contributed by atoms with van der Waals surface area (Å²) >= 11 is 0. The number of carbonyl (C=O) groups is 2. The zero-order valence-electron chi connectivity index (χ0n) is 8.75. The van der Waals surface area contributed by atoms with Crippen LogP contribution in [0.3, 0.4) is 0 Å². The Balaban J connectivity index is 3.00. The van der Waals surface area contributed by atoms with E-state index in [0.717, 1.165) is 0 Å². The van der Waals surface area contributed by atoms with Crippen LogP contribution < -0.4 is 5.32 Å². The van der Waals surface area contributed by atoms with Gasteiger partial charge in [-0.25, -0.2) is 0 Å². The van der Waals surface area contributed by atoms with Gasteiger partial charge in [0.1, 0.15) is 6.29 Å². The molecule has 0 saturated carbocycles. The van der Waals surface area contributed by atoms with Crippen LogP contribution in [-0.4, -0.2) is 29.4 Å². The molecule has 0 fully saturated rings. The molecule has 1 amide bonds. The largest absolute Gasteiger partial charge is 0.480 e. The van der Waals surface area contributed by atoms with Crippen LogP contribution in [0.25, 0.3) is 0 Å². The molecule has 0 aliphatic carbocycles. The highest BCUT2D eigenvalue weighted by Gasteiger charge is 2.26.